The maximum atomic E-state index is 12.5. The first kappa shape index (κ1) is 18.2. The molecule has 1 unspecified atom stereocenters. The molecule has 26 heavy (non-hydrogen) atoms. The van der Waals surface area contributed by atoms with Crippen LogP contribution in [0.4, 0.5) is 0 Å². The van der Waals surface area contributed by atoms with Crippen molar-refractivity contribution in [3.05, 3.63) is 44.8 Å². The van der Waals surface area contributed by atoms with Gasteiger partial charge in [-0.25, -0.2) is 4.79 Å². The number of ketones is 1. The highest BCUT2D eigenvalue weighted by molar-refractivity contribution is 5.98. The number of carbonyl (C=O) groups excluding carboxylic acids is 1. The zero-order chi connectivity index (χ0) is 19.2. The van der Waals surface area contributed by atoms with Crippen molar-refractivity contribution in [2.45, 2.75) is 52.7 Å². The SMILES string of the molecule is Cc1c(O)c(C)c2oc(=O)c(C3=CC(=O)CC(C)O3)cc2c1C[C@@H](C)O. The highest BCUT2D eigenvalue weighted by Crippen LogP contribution is 2.36. The number of aliphatic hydroxyl groups is 1. The van der Waals surface area contributed by atoms with E-state index in [1.54, 1.807) is 33.8 Å². The van der Waals surface area contributed by atoms with Gasteiger partial charge in [0.2, 0.25) is 0 Å². The molecule has 0 bridgehead atoms. The fourth-order valence-electron chi connectivity index (χ4n) is 3.36. The molecule has 0 spiro atoms. The van der Waals surface area contributed by atoms with Crippen molar-refractivity contribution in [3.8, 4) is 5.75 Å². The van der Waals surface area contributed by atoms with Gasteiger partial charge in [0.25, 0.3) is 0 Å². The number of allylic oxidation sites excluding steroid dienone is 1. The van der Waals surface area contributed by atoms with E-state index in [0.717, 1.165) is 0 Å². The predicted molar refractivity (Wildman–Crippen MR) is 97.2 cm³/mol. The topological polar surface area (TPSA) is 97.0 Å². The number of ether oxygens (including phenoxy) is 1. The lowest BCUT2D eigenvalue weighted by molar-refractivity contribution is -0.117. The molecule has 2 N–H and O–H groups in total. The third kappa shape index (κ3) is 3.12. The zero-order valence-electron chi connectivity index (χ0n) is 15.3. The van der Waals surface area contributed by atoms with E-state index in [1.165, 1.54) is 6.08 Å². The predicted octanol–water partition coefficient (Wildman–Crippen LogP) is 2.76. The van der Waals surface area contributed by atoms with E-state index >= 15 is 0 Å². The van der Waals surface area contributed by atoms with Gasteiger partial charge in [-0.15, -0.1) is 0 Å². The lowest BCUT2D eigenvalue weighted by atomic mass is 9.93. The fourth-order valence-corrected chi connectivity index (χ4v) is 3.36. The number of rotatable bonds is 3. The molecule has 2 atom stereocenters. The van der Waals surface area contributed by atoms with E-state index in [2.05, 4.69) is 0 Å². The molecule has 0 saturated heterocycles. The first-order chi connectivity index (χ1) is 12.2. The van der Waals surface area contributed by atoms with Crippen molar-refractivity contribution in [2.75, 3.05) is 0 Å². The Morgan fingerprint density at radius 1 is 1.27 bits per heavy atom. The number of hydrogen-bond acceptors (Lipinski definition) is 6. The number of aromatic hydroxyl groups is 1. The minimum atomic E-state index is -0.639. The molecule has 1 aliphatic rings. The summed E-state index contributed by atoms with van der Waals surface area (Å²) in [5, 5.41) is 20.8. The van der Waals surface area contributed by atoms with Crippen LogP contribution in [0.25, 0.3) is 16.7 Å². The Balaban J connectivity index is 2.31. The van der Waals surface area contributed by atoms with E-state index in [4.69, 9.17) is 9.15 Å². The van der Waals surface area contributed by atoms with Crippen LogP contribution in [-0.2, 0) is 16.0 Å². The molecule has 2 aromatic rings. The Morgan fingerprint density at radius 3 is 2.58 bits per heavy atom. The van der Waals surface area contributed by atoms with E-state index in [1.807, 2.05) is 0 Å². The van der Waals surface area contributed by atoms with Crippen LogP contribution in [0.1, 0.15) is 42.5 Å². The molecule has 0 saturated carbocycles. The molecule has 2 heterocycles. The third-order valence-electron chi connectivity index (χ3n) is 4.65. The molecule has 1 aromatic carbocycles. The molecular weight excluding hydrogens is 336 g/mol. The van der Waals surface area contributed by atoms with Crippen molar-refractivity contribution >= 4 is 22.5 Å². The van der Waals surface area contributed by atoms with Gasteiger partial charge in [-0.1, -0.05) is 0 Å². The van der Waals surface area contributed by atoms with Gasteiger partial charge >= 0.3 is 5.63 Å². The van der Waals surface area contributed by atoms with E-state index < -0.39 is 11.7 Å². The van der Waals surface area contributed by atoms with Gasteiger partial charge < -0.3 is 19.4 Å². The number of phenolic OH excluding ortho intramolecular Hbond substituents is 1. The highest BCUT2D eigenvalue weighted by Gasteiger charge is 2.24. The van der Waals surface area contributed by atoms with E-state index in [0.29, 0.717) is 28.5 Å². The molecule has 6 heteroatoms. The van der Waals surface area contributed by atoms with Crippen molar-refractivity contribution < 1.29 is 24.2 Å². The van der Waals surface area contributed by atoms with Crippen LogP contribution in [0.3, 0.4) is 0 Å². The van der Waals surface area contributed by atoms with Crippen molar-refractivity contribution in [2.24, 2.45) is 0 Å². The second-order valence-corrected chi connectivity index (χ2v) is 6.93. The quantitative estimate of drug-likeness (QED) is 0.819. The first-order valence-corrected chi connectivity index (χ1v) is 8.57. The normalized spacial score (nSPS) is 18.6. The summed E-state index contributed by atoms with van der Waals surface area (Å²) in [6.45, 7) is 6.84. The number of carbonyl (C=O) groups is 1. The van der Waals surface area contributed by atoms with Gasteiger partial charge in [-0.05, 0) is 51.3 Å². The fraction of sp³-hybridized carbons (Fsp3) is 0.400. The smallest absolute Gasteiger partial charge is 0.347 e. The molecule has 6 nitrogen and oxygen atoms in total. The first-order valence-electron chi connectivity index (χ1n) is 8.57. The second-order valence-electron chi connectivity index (χ2n) is 6.93. The number of aliphatic hydroxyl groups excluding tert-OH is 1. The summed E-state index contributed by atoms with van der Waals surface area (Å²) in [6.07, 6.45) is 0.909. The summed E-state index contributed by atoms with van der Waals surface area (Å²) in [6, 6.07) is 1.62. The maximum Gasteiger partial charge on any atom is 0.347 e. The van der Waals surface area contributed by atoms with Crippen LogP contribution >= 0.6 is 0 Å². The molecule has 3 rings (SSSR count). The average molecular weight is 358 g/mol. The summed E-state index contributed by atoms with van der Waals surface area (Å²) in [7, 11) is 0. The van der Waals surface area contributed by atoms with Crippen molar-refractivity contribution in [1.82, 2.24) is 0 Å². The summed E-state index contributed by atoms with van der Waals surface area (Å²) < 4.78 is 11.1. The van der Waals surface area contributed by atoms with Gasteiger partial charge in [0.15, 0.2) is 5.78 Å². The minimum Gasteiger partial charge on any atom is -0.507 e. The summed E-state index contributed by atoms with van der Waals surface area (Å²) in [4.78, 5) is 24.3. The van der Waals surface area contributed by atoms with Crippen LogP contribution in [0.2, 0.25) is 0 Å². The Morgan fingerprint density at radius 2 is 1.96 bits per heavy atom. The number of hydrogen-bond donors (Lipinski definition) is 2. The minimum absolute atomic E-state index is 0.0426. The Kier molecular flexibility index (Phi) is 4.63. The molecule has 138 valence electrons. The number of aryl methyl sites for hydroxylation is 1. The van der Waals surface area contributed by atoms with Crippen LogP contribution in [0.15, 0.2) is 21.4 Å². The third-order valence-corrected chi connectivity index (χ3v) is 4.65. The highest BCUT2D eigenvalue weighted by atomic mass is 16.5. The average Bonchev–Trinajstić information content (AvgIpc) is 2.55. The maximum absolute atomic E-state index is 12.5. The van der Waals surface area contributed by atoms with Gasteiger partial charge in [-0.2, -0.15) is 0 Å². The van der Waals surface area contributed by atoms with Crippen LogP contribution in [0, 0.1) is 13.8 Å². The number of benzene rings is 1. The monoisotopic (exact) mass is 358 g/mol. The van der Waals surface area contributed by atoms with Gasteiger partial charge in [0, 0.05) is 23.4 Å². The van der Waals surface area contributed by atoms with Crippen molar-refractivity contribution in [1.29, 1.82) is 0 Å². The molecule has 1 aliphatic heterocycles. The molecular formula is C20H22O6. The van der Waals surface area contributed by atoms with E-state index in [9.17, 15) is 19.8 Å². The zero-order valence-corrected chi connectivity index (χ0v) is 15.3. The van der Waals surface area contributed by atoms with Crippen LogP contribution < -0.4 is 5.63 Å². The van der Waals surface area contributed by atoms with Crippen molar-refractivity contribution in [3.63, 3.8) is 0 Å². The van der Waals surface area contributed by atoms with E-state index in [-0.39, 0.29) is 41.0 Å². The largest absolute Gasteiger partial charge is 0.507 e. The van der Waals surface area contributed by atoms with Gasteiger partial charge in [-0.3, -0.25) is 4.79 Å². The molecule has 1 aromatic heterocycles. The Bertz CT molecular complexity index is 980. The van der Waals surface area contributed by atoms with Gasteiger partial charge in [0.05, 0.1) is 6.10 Å². The van der Waals surface area contributed by atoms with Gasteiger partial charge in [0.1, 0.15) is 28.8 Å². The summed E-state index contributed by atoms with van der Waals surface area (Å²) >= 11 is 0. The lowest BCUT2D eigenvalue weighted by Gasteiger charge is -2.21. The molecule has 0 fully saturated rings. The second kappa shape index (κ2) is 6.61. The van der Waals surface area contributed by atoms with Crippen LogP contribution in [-0.4, -0.2) is 28.2 Å². The Labute approximate surface area is 150 Å². The van der Waals surface area contributed by atoms with Crippen LogP contribution in [0.5, 0.6) is 5.75 Å². The summed E-state index contributed by atoms with van der Waals surface area (Å²) in [5.74, 6) is 0.122. The number of fused-ring (bicyclic) bond motifs is 1. The molecule has 0 aliphatic carbocycles. The molecule has 0 radical (unpaired) electrons. The summed E-state index contributed by atoms with van der Waals surface area (Å²) in [5.41, 5.74) is 1.57. The Hall–Kier alpha value is -2.60. The number of phenols is 1. The molecule has 0 amide bonds. The standard InChI is InChI=1S/C20H22O6/c1-9(21)5-14-11(3)18(23)12(4)19-15(14)8-16(20(24)26-19)17-7-13(22)6-10(2)25-17/h7-10,21,23H,5-6H2,1-4H3/t9-,10?/m1/s1. The lowest BCUT2D eigenvalue weighted by Crippen LogP contribution is -2.21.